The van der Waals surface area contributed by atoms with Crippen LogP contribution in [0.3, 0.4) is 0 Å². The maximum absolute atomic E-state index is 9.62. The van der Waals surface area contributed by atoms with E-state index in [1.54, 1.807) is 13.8 Å². The van der Waals surface area contributed by atoms with Crippen LogP contribution in [0.2, 0.25) is 0 Å². The molecule has 4 N–H and O–H groups in total. The Kier molecular flexibility index (Phi) is 6.53. The minimum atomic E-state index is -1.32. The zero-order valence-electron chi connectivity index (χ0n) is 9.58. The monoisotopic (exact) mass is 308 g/mol. The molecule has 0 amide bonds. The first-order valence-electron chi connectivity index (χ1n) is 5.00. The Morgan fingerprint density at radius 2 is 1.75 bits per heavy atom. The van der Waals surface area contributed by atoms with Gasteiger partial charge in [0, 0.05) is 32.7 Å². The molecule has 1 heterocycles. The summed E-state index contributed by atoms with van der Waals surface area (Å²) >= 11 is 0. The first-order valence-corrected chi connectivity index (χ1v) is 5.00. The van der Waals surface area contributed by atoms with Crippen LogP contribution >= 0.6 is 0 Å². The van der Waals surface area contributed by atoms with Crippen LogP contribution in [-0.4, -0.2) is 56.5 Å². The average molecular weight is 308 g/mol. The van der Waals surface area contributed by atoms with Gasteiger partial charge in [-0.2, -0.15) is 6.42 Å². The van der Waals surface area contributed by atoms with Crippen LogP contribution < -0.4 is 0 Å². The van der Waals surface area contributed by atoms with Gasteiger partial charge in [-0.25, -0.2) is 0 Å². The van der Waals surface area contributed by atoms with Crippen molar-refractivity contribution in [3.05, 3.63) is 6.92 Å². The Morgan fingerprint density at radius 3 is 2.19 bits per heavy atom. The van der Waals surface area contributed by atoms with Crippen molar-refractivity contribution in [1.82, 2.24) is 0 Å². The van der Waals surface area contributed by atoms with Crippen LogP contribution in [0.4, 0.5) is 0 Å². The maximum Gasteiger partial charge on any atom is 0.111 e. The van der Waals surface area contributed by atoms with E-state index >= 15 is 0 Å². The molecule has 93 valence electrons. The Bertz CT molecular complexity index is 223. The molecular formula is C10H19O5Y-. The van der Waals surface area contributed by atoms with Gasteiger partial charge in [-0.1, -0.05) is 0 Å². The van der Waals surface area contributed by atoms with Crippen molar-refractivity contribution in [1.29, 1.82) is 0 Å². The molecule has 0 aliphatic carbocycles. The van der Waals surface area contributed by atoms with Crippen molar-refractivity contribution in [2.24, 2.45) is 0 Å². The third kappa shape index (κ3) is 3.22. The van der Waals surface area contributed by atoms with Gasteiger partial charge in [-0.05, 0) is 13.8 Å². The van der Waals surface area contributed by atoms with Crippen LogP contribution in [0.15, 0.2) is 0 Å². The van der Waals surface area contributed by atoms with Crippen LogP contribution in [0.1, 0.15) is 20.3 Å². The van der Waals surface area contributed by atoms with E-state index in [0.717, 1.165) is 0 Å². The fraction of sp³-hybridized carbons (Fsp3) is 0.900. The second-order valence-corrected chi connectivity index (χ2v) is 4.47. The van der Waals surface area contributed by atoms with Crippen LogP contribution in [0, 0.1) is 6.92 Å². The summed E-state index contributed by atoms with van der Waals surface area (Å²) in [4.78, 5) is 0. The van der Waals surface area contributed by atoms with Crippen molar-refractivity contribution in [3.8, 4) is 0 Å². The summed E-state index contributed by atoms with van der Waals surface area (Å²) in [5.74, 6) is 0. The van der Waals surface area contributed by atoms with E-state index in [9.17, 15) is 20.4 Å². The summed E-state index contributed by atoms with van der Waals surface area (Å²) in [5.41, 5.74) is -1.00. The fourth-order valence-electron chi connectivity index (χ4n) is 1.75. The predicted molar refractivity (Wildman–Crippen MR) is 53.0 cm³/mol. The van der Waals surface area contributed by atoms with Crippen LogP contribution in [0.5, 0.6) is 0 Å². The van der Waals surface area contributed by atoms with Crippen LogP contribution in [0.25, 0.3) is 0 Å². The topological polar surface area (TPSA) is 90.2 Å². The second kappa shape index (κ2) is 6.18. The van der Waals surface area contributed by atoms with Crippen LogP contribution in [-0.2, 0) is 37.4 Å². The molecule has 16 heavy (non-hydrogen) atoms. The van der Waals surface area contributed by atoms with E-state index in [1.807, 2.05) is 0 Å². The quantitative estimate of drug-likeness (QED) is 0.483. The molecule has 0 saturated carbocycles. The molecule has 1 aliphatic rings. The van der Waals surface area contributed by atoms with Gasteiger partial charge in [-0.3, -0.25) is 0 Å². The van der Waals surface area contributed by atoms with Gasteiger partial charge in [0.2, 0.25) is 0 Å². The van der Waals surface area contributed by atoms with Gasteiger partial charge < -0.3 is 32.1 Å². The summed E-state index contributed by atoms with van der Waals surface area (Å²) in [7, 11) is 0. The minimum absolute atomic E-state index is 0. The summed E-state index contributed by atoms with van der Waals surface area (Å²) in [6.07, 6.45) is -5.51. The molecule has 0 bridgehead atoms. The molecular weight excluding hydrogens is 289 g/mol. The zero-order chi connectivity index (χ0) is 11.8. The summed E-state index contributed by atoms with van der Waals surface area (Å²) in [5, 5.41) is 38.4. The first-order chi connectivity index (χ1) is 6.81. The van der Waals surface area contributed by atoms with E-state index in [-0.39, 0.29) is 39.1 Å². The van der Waals surface area contributed by atoms with Crippen molar-refractivity contribution in [2.75, 3.05) is 0 Å². The molecule has 1 rings (SSSR count). The Hall–Kier alpha value is 0.904. The van der Waals surface area contributed by atoms with E-state index < -0.39 is 36.1 Å². The number of hydrogen-bond donors (Lipinski definition) is 4. The third-order valence-corrected chi connectivity index (χ3v) is 2.84. The van der Waals surface area contributed by atoms with Gasteiger partial charge in [0.25, 0.3) is 0 Å². The standard InChI is InChI=1S/C10H19O5.Y/c1-4-5(11)8-6(12)7(13)9(14)10(2,3)15-8;/h5-9,11-14H,1,4H2,2-3H3;/q-1;. The molecule has 1 saturated heterocycles. The summed E-state index contributed by atoms with van der Waals surface area (Å²) in [6.45, 7) is 6.69. The molecule has 0 aromatic heterocycles. The fourth-order valence-corrected chi connectivity index (χ4v) is 1.75. The molecule has 0 aromatic carbocycles. The summed E-state index contributed by atoms with van der Waals surface area (Å²) < 4.78 is 5.37. The van der Waals surface area contributed by atoms with Crippen molar-refractivity contribution < 1.29 is 57.9 Å². The molecule has 1 fully saturated rings. The smallest absolute Gasteiger partial charge is 0.111 e. The molecule has 5 unspecified atom stereocenters. The number of aliphatic hydroxyl groups excluding tert-OH is 4. The number of hydrogen-bond acceptors (Lipinski definition) is 5. The minimum Gasteiger partial charge on any atom is -0.393 e. The van der Waals surface area contributed by atoms with Gasteiger partial charge in [0.15, 0.2) is 0 Å². The summed E-state index contributed by atoms with van der Waals surface area (Å²) in [6, 6.07) is 0. The predicted octanol–water partition coefficient (Wildman–Crippen LogP) is -1.17. The van der Waals surface area contributed by atoms with Crippen molar-refractivity contribution in [3.63, 3.8) is 0 Å². The zero-order valence-corrected chi connectivity index (χ0v) is 12.4. The number of ether oxygens (including phenoxy) is 1. The molecule has 5 atom stereocenters. The van der Waals surface area contributed by atoms with E-state index in [0.29, 0.717) is 0 Å². The Labute approximate surface area is 121 Å². The van der Waals surface area contributed by atoms with Crippen molar-refractivity contribution in [2.45, 2.75) is 56.4 Å². The molecule has 5 nitrogen and oxygen atoms in total. The third-order valence-electron chi connectivity index (χ3n) is 2.84. The molecule has 0 aromatic rings. The van der Waals surface area contributed by atoms with E-state index in [2.05, 4.69) is 6.92 Å². The maximum atomic E-state index is 9.62. The number of rotatable bonds is 2. The normalized spacial score (nSPS) is 39.9. The van der Waals surface area contributed by atoms with Crippen molar-refractivity contribution >= 4 is 0 Å². The van der Waals surface area contributed by atoms with E-state index in [4.69, 9.17) is 4.74 Å². The van der Waals surface area contributed by atoms with Gasteiger partial charge in [0.05, 0.1) is 11.7 Å². The molecule has 1 aliphatic heterocycles. The largest absolute Gasteiger partial charge is 0.393 e. The first kappa shape index (κ1) is 16.9. The van der Waals surface area contributed by atoms with Gasteiger partial charge in [0.1, 0.15) is 24.4 Å². The molecule has 0 spiro atoms. The van der Waals surface area contributed by atoms with Gasteiger partial charge in [-0.15, -0.1) is 0 Å². The van der Waals surface area contributed by atoms with E-state index in [1.165, 1.54) is 0 Å². The van der Waals surface area contributed by atoms with Gasteiger partial charge >= 0.3 is 0 Å². The second-order valence-electron chi connectivity index (χ2n) is 4.47. The average Bonchev–Trinajstić information content (AvgIpc) is 2.19. The number of aliphatic hydroxyl groups is 4. The molecule has 6 heteroatoms. The Balaban J connectivity index is 0.00000225. The molecule has 1 radical (unpaired) electrons. The Morgan fingerprint density at radius 1 is 1.25 bits per heavy atom. The SMILES string of the molecule is [CH2-]CC(O)C1OC(C)(C)C(O)C(O)C1O.[Y].